The van der Waals surface area contributed by atoms with Crippen molar-refractivity contribution < 1.29 is 17.9 Å². The second kappa shape index (κ2) is 12.3. The average molecular weight is 439 g/mol. The lowest BCUT2D eigenvalue weighted by Gasteiger charge is -2.30. The van der Waals surface area contributed by atoms with Crippen LogP contribution in [0.4, 0.5) is 0 Å². The Morgan fingerprint density at radius 2 is 1.73 bits per heavy atom. The molecule has 0 atom stereocenters. The summed E-state index contributed by atoms with van der Waals surface area (Å²) >= 11 is 0. The highest BCUT2D eigenvalue weighted by atomic mass is 32.2. The van der Waals surface area contributed by atoms with Gasteiger partial charge in [-0.1, -0.05) is 39.5 Å². The molecular formula is C23H38N2O4S. The Morgan fingerprint density at radius 1 is 1.10 bits per heavy atom. The predicted octanol–water partition coefficient (Wildman–Crippen LogP) is 4.21. The van der Waals surface area contributed by atoms with Gasteiger partial charge in [0.25, 0.3) is 0 Å². The summed E-state index contributed by atoms with van der Waals surface area (Å²) in [4.78, 5) is 12.7. The van der Waals surface area contributed by atoms with Crippen LogP contribution in [0.5, 0.6) is 5.75 Å². The quantitative estimate of drug-likeness (QED) is 0.496. The molecule has 170 valence electrons. The molecular weight excluding hydrogens is 400 g/mol. The number of ether oxygens (including phenoxy) is 1. The van der Waals surface area contributed by atoms with Crippen LogP contribution in [0.15, 0.2) is 29.2 Å². The number of carbonyl (C=O) groups excluding carboxylic acids is 1. The second-order valence-corrected chi connectivity index (χ2v) is 10.4. The van der Waals surface area contributed by atoms with Gasteiger partial charge in [0.15, 0.2) is 0 Å². The van der Waals surface area contributed by atoms with Crippen molar-refractivity contribution in [3.8, 4) is 5.75 Å². The standard InChI is InChI=1S/C23H38N2O4S/c1-4-29-21-10-12-22(13-11-21)30(27,28)25-17-14-20(15-18-25)23(26)24-16-8-6-5-7-9-19(2)3/h10-13,19-20H,4-9,14-18H2,1-3H3,(H,24,26). The van der Waals surface area contributed by atoms with E-state index in [1.54, 1.807) is 24.3 Å². The van der Waals surface area contributed by atoms with Gasteiger partial charge in [-0.15, -0.1) is 0 Å². The van der Waals surface area contributed by atoms with Crippen molar-refractivity contribution in [3.63, 3.8) is 0 Å². The molecule has 0 aliphatic carbocycles. The zero-order chi connectivity index (χ0) is 22.0. The van der Waals surface area contributed by atoms with Gasteiger partial charge < -0.3 is 10.1 Å². The summed E-state index contributed by atoms with van der Waals surface area (Å²) in [6.07, 6.45) is 7.03. The Hall–Kier alpha value is -1.60. The van der Waals surface area contributed by atoms with E-state index in [1.807, 2.05) is 6.92 Å². The Morgan fingerprint density at radius 3 is 2.33 bits per heavy atom. The van der Waals surface area contributed by atoms with Gasteiger partial charge in [0.1, 0.15) is 5.75 Å². The van der Waals surface area contributed by atoms with Crippen LogP contribution in [0.25, 0.3) is 0 Å². The molecule has 1 N–H and O–H groups in total. The maximum Gasteiger partial charge on any atom is 0.243 e. The number of amides is 1. The number of hydrogen-bond donors (Lipinski definition) is 1. The van der Waals surface area contributed by atoms with Crippen molar-refractivity contribution in [3.05, 3.63) is 24.3 Å². The molecule has 6 nitrogen and oxygen atoms in total. The minimum Gasteiger partial charge on any atom is -0.494 e. The highest BCUT2D eigenvalue weighted by Crippen LogP contribution is 2.25. The Labute approximate surface area is 182 Å². The summed E-state index contributed by atoms with van der Waals surface area (Å²) in [6.45, 7) is 8.39. The molecule has 1 saturated heterocycles. The van der Waals surface area contributed by atoms with E-state index in [1.165, 1.54) is 23.6 Å². The summed E-state index contributed by atoms with van der Waals surface area (Å²) in [5.41, 5.74) is 0. The van der Waals surface area contributed by atoms with Crippen LogP contribution >= 0.6 is 0 Å². The van der Waals surface area contributed by atoms with Crippen molar-refractivity contribution in [1.29, 1.82) is 0 Å². The number of carbonyl (C=O) groups is 1. The van der Waals surface area contributed by atoms with E-state index in [-0.39, 0.29) is 16.7 Å². The zero-order valence-electron chi connectivity index (χ0n) is 18.7. The fourth-order valence-electron chi connectivity index (χ4n) is 3.77. The van der Waals surface area contributed by atoms with Gasteiger partial charge in [-0.25, -0.2) is 8.42 Å². The van der Waals surface area contributed by atoms with Crippen LogP contribution in [0.1, 0.15) is 65.7 Å². The molecule has 1 amide bonds. The minimum absolute atomic E-state index is 0.0651. The number of unbranched alkanes of at least 4 members (excludes halogenated alkanes) is 3. The first-order valence-electron chi connectivity index (χ1n) is 11.3. The van der Waals surface area contributed by atoms with Crippen LogP contribution in [-0.4, -0.2) is 44.9 Å². The van der Waals surface area contributed by atoms with Gasteiger partial charge in [0.05, 0.1) is 11.5 Å². The Balaban J connectivity index is 1.72. The van der Waals surface area contributed by atoms with E-state index < -0.39 is 10.0 Å². The van der Waals surface area contributed by atoms with Crippen LogP contribution < -0.4 is 10.1 Å². The highest BCUT2D eigenvalue weighted by molar-refractivity contribution is 7.89. The Bertz CT molecular complexity index is 739. The van der Waals surface area contributed by atoms with Crippen molar-refractivity contribution in [2.45, 2.75) is 70.6 Å². The molecule has 0 saturated carbocycles. The lowest BCUT2D eigenvalue weighted by Crippen LogP contribution is -2.43. The summed E-state index contributed by atoms with van der Waals surface area (Å²) < 4.78 is 32.6. The van der Waals surface area contributed by atoms with Crippen molar-refractivity contribution in [1.82, 2.24) is 9.62 Å². The molecule has 1 heterocycles. The number of hydrogen-bond acceptors (Lipinski definition) is 4. The highest BCUT2D eigenvalue weighted by Gasteiger charge is 2.31. The van der Waals surface area contributed by atoms with Crippen LogP contribution in [0.2, 0.25) is 0 Å². The minimum atomic E-state index is -3.53. The van der Waals surface area contributed by atoms with Gasteiger partial charge >= 0.3 is 0 Å². The van der Waals surface area contributed by atoms with E-state index >= 15 is 0 Å². The SMILES string of the molecule is CCOc1ccc(S(=O)(=O)N2CCC(C(=O)NCCCCCCC(C)C)CC2)cc1. The fourth-order valence-corrected chi connectivity index (χ4v) is 5.24. The van der Waals surface area contributed by atoms with Crippen molar-refractivity contribution in [2.24, 2.45) is 11.8 Å². The van der Waals surface area contributed by atoms with Crippen LogP contribution in [0.3, 0.4) is 0 Å². The molecule has 1 aromatic rings. The molecule has 0 bridgehead atoms. The first kappa shape index (κ1) is 24.7. The third kappa shape index (κ3) is 7.58. The normalized spacial score (nSPS) is 16.0. The van der Waals surface area contributed by atoms with Crippen molar-refractivity contribution >= 4 is 15.9 Å². The first-order chi connectivity index (χ1) is 14.3. The van der Waals surface area contributed by atoms with Crippen LogP contribution in [0, 0.1) is 11.8 Å². The molecule has 0 aromatic heterocycles. The fraction of sp³-hybridized carbons (Fsp3) is 0.696. The molecule has 7 heteroatoms. The smallest absolute Gasteiger partial charge is 0.243 e. The van der Waals surface area contributed by atoms with E-state index in [9.17, 15) is 13.2 Å². The average Bonchev–Trinajstić information content (AvgIpc) is 2.73. The topological polar surface area (TPSA) is 75.7 Å². The molecule has 0 radical (unpaired) electrons. The van der Waals surface area contributed by atoms with Gasteiger partial charge in [-0.3, -0.25) is 4.79 Å². The lowest BCUT2D eigenvalue weighted by molar-refractivity contribution is -0.126. The molecule has 1 aliphatic heterocycles. The molecule has 30 heavy (non-hydrogen) atoms. The van der Waals surface area contributed by atoms with Gasteiger partial charge in [0.2, 0.25) is 15.9 Å². The number of nitrogens with zero attached hydrogens (tertiary/aromatic N) is 1. The molecule has 1 aliphatic rings. The molecule has 0 unspecified atom stereocenters. The van der Waals surface area contributed by atoms with E-state index in [2.05, 4.69) is 19.2 Å². The lowest BCUT2D eigenvalue weighted by atomic mass is 9.97. The van der Waals surface area contributed by atoms with Gasteiger partial charge in [0, 0.05) is 25.6 Å². The number of rotatable bonds is 12. The number of sulfonamides is 1. The molecule has 1 fully saturated rings. The third-order valence-corrected chi connectivity index (χ3v) is 7.52. The molecule has 1 aromatic carbocycles. The maximum atomic E-state index is 12.9. The van der Waals surface area contributed by atoms with Gasteiger partial charge in [-0.05, 0) is 56.4 Å². The van der Waals surface area contributed by atoms with Crippen LogP contribution in [-0.2, 0) is 14.8 Å². The number of piperidine rings is 1. The number of benzene rings is 1. The van der Waals surface area contributed by atoms with E-state index in [0.717, 1.165) is 18.8 Å². The second-order valence-electron chi connectivity index (χ2n) is 8.47. The largest absolute Gasteiger partial charge is 0.494 e. The summed E-state index contributed by atoms with van der Waals surface area (Å²) in [7, 11) is -3.53. The molecule has 2 rings (SSSR count). The monoisotopic (exact) mass is 438 g/mol. The summed E-state index contributed by atoms with van der Waals surface area (Å²) in [5, 5.41) is 3.03. The first-order valence-corrected chi connectivity index (χ1v) is 12.8. The van der Waals surface area contributed by atoms with E-state index in [4.69, 9.17) is 4.74 Å². The van der Waals surface area contributed by atoms with Crippen molar-refractivity contribution in [2.75, 3.05) is 26.2 Å². The van der Waals surface area contributed by atoms with E-state index in [0.29, 0.717) is 44.8 Å². The zero-order valence-corrected chi connectivity index (χ0v) is 19.5. The Kier molecular flexibility index (Phi) is 10.1. The maximum absolute atomic E-state index is 12.9. The molecule has 0 spiro atoms. The number of nitrogens with one attached hydrogen (secondary N) is 1. The summed E-state index contributed by atoms with van der Waals surface area (Å²) in [5.74, 6) is 1.38. The van der Waals surface area contributed by atoms with Gasteiger partial charge in [-0.2, -0.15) is 4.31 Å². The predicted molar refractivity (Wildman–Crippen MR) is 120 cm³/mol. The summed E-state index contributed by atoms with van der Waals surface area (Å²) in [6, 6.07) is 6.53. The third-order valence-electron chi connectivity index (χ3n) is 5.60.